The Balaban J connectivity index is 1.90. The van der Waals surface area contributed by atoms with E-state index in [1.165, 1.54) is 19.3 Å². The van der Waals surface area contributed by atoms with Crippen LogP contribution in [0.15, 0.2) is 6.07 Å². The fraction of sp³-hybridized carbons (Fsp3) is 0.667. The number of nitrogens with one attached hydrogen (secondary N) is 1. The first-order valence-corrected chi connectivity index (χ1v) is 6.15. The van der Waals surface area contributed by atoms with Gasteiger partial charge in [-0.15, -0.1) is 0 Å². The fourth-order valence-electron chi connectivity index (χ4n) is 1.75. The van der Waals surface area contributed by atoms with Crippen molar-refractivity contribution in [2.24, 2.45) is 5.92 Å². The molecule has 1 aromatic heterocycles. The summed E-state index contributed by atoms with van der Waals surface area (Å²) >= 11 is 0. The molecule has 4 nitrogen and oxygen atoms in total. The number of hydrogen-bond acceptors (Lipinski definition) is 4. The summed E-state index contributed by atoms with van der Waals surface area (Å²) in [5, 5.41) is 3.32. The lowest BCUT2D eigenvalue weighted by atomic mass is 10.3. The molecule has 88 valence electrons. The van der Waals surface area contributed by atoms with E-state index in [1.807, 2.05) is 6.07 Å². The third kappa shape index (κ3) is 3.36. The Hall–Kier alpha value is -1.32. The summed E-state index contributed by atoms with van der Waals surface area (Å²) in [6.07, 6.45) is 5.98. The van der Waals surface area contributed by atoms with E-state index in [2.05, 4.69) is 22.2 Å². The zero-order chi connectivity index (χ0) is 11.4. The molecule has 1 aliphatic carbocycles. The Morgan fingerprint density at radius 2 is 2.25 bits per heavy atom. The van der Waals surface area contributed by atoms with Crippen molar-refractivity contribution in [2.75, 3.05) is 17.6 Å². The van der Waals surface area contributed by atoms with Crippen molar-refractivity contribution >= 4 is 11.6 Å². The molecule has 0 aliphatic heterocycles. The van der Waals surface area contributed by atoms with Crippen LogP contribution in [0.3, 0.4) is 0 Å². The first-order chi connectivity index (χ1) is 7.78. The number of hydrogen-bond donors (Lipinski definition) is 2. The number of rotatable bonds is 6. The molecule has 1 fully saturated rings. The second-order valence-corrected chi connectivity index (χ2v) is 4.50. The van der Waals surface area contributed by atoms with Crippen LogP contribution in [0.1, 0.15) is 38.4 Å². The van der Waals surface area contributed by atoms with Crippen molar-refractivity contribution in [1.29, 1.82) is 0 Å². The predicted octanol–water partition coefficient (Wildman–Crippen LogP) is 2.22. The van der Waals surface area contributed by atoms with Crippen LogP contribution >= 0.6 is 0 Å². The minimum Gasteiger partial charge on any atom is -0.384 e. The van der Waals surface area contributed by atoms with E-state index in [4.69, 9.17) is 5.73 Å². The lowest BCUT2D eigenvalue weighted by molar-refractivity contribution is 0.755. The van der Waals surface area contributed by atoms with Crippen LogP contribution < -0.4 is 11.1 Å². The average molecular weight is 220 g/mol. The molecule has 0 amide bonds. The molecular weight excluding hydrogens is 200 g/mol. The Morgan fingerprint density at radius 1 is 1.44 bits per heavy atom. The quantitative estimate of drug-likeness (QED) is 0.771. The number of anilines is 2. The minimum absolute atomic E-state index is 0.562. The van der Waals surface area contributed by atoms with E-state index >= 15 is 0 Å². The number of nitrogen functional groups attached to an aromatic ring is 1. The van der Waals surface area contributed by atoms with E-state index in [-0.39, 0.29) is 0 Å². The highest BCUT2D eigenvalue weighted by Crippen LogP contribution is 2.32. The highest BCUT2D eigenvalue weighted by molar-refractivity contribution is 5.44. The van der Waals surface area contributed by atoms with Gasteiger partial charge >= 0.3 is 0 Å². The van der Waals surface area contributed by atoms with Crippen molar-refractivity contribution < 1.29 is 0 Å². The van der Waals surface area contributed by atoms with E-state index in [1.54, 1.807) is 0 Å². The molecule has 0 atom stereocenters. The molecule has 0 saturated heterocycles. The largest absolute Gasteiger partial charge is 0.384 e. The van der Waals surface area contributed by atoms with Gasteiger partial charge in [-0.3, -0.25) is 0 Å². The van der Waals surface area contributed by atoms with Crippen molar-refractivity contribution in [3.63, 3.8) is 0 Å². The van der Waals surface area contributed by atoms with E-state index in [0.717, 1.165) is 36.9 Å². The van der Waals surface area contributed by atoms with Crippen LogP contribution in [0.2, 0.25) is 0 Å². The minimum atomic E-state index is 0.562. The molecule has 1 aliphatic rings. The molecular formula is C12H20N4. The molecule has 0 radical (unpaired) electrons. The van der Waals surface area contributed by atoms with Crippen LogP contribution in [0.25, 0.3) is 0 Å². The normalized spacial score (nSPS) is 15.1. The van der Waals surface area contributed by atoms with Gasteiger partial charge in [0.2, 0.25) is 0 Å². The zero-order valence-corrected chi connectivity index (χ0v) is 9.87. The van der Waals surface area contributed by atoms with Gasteiger partial charge < -0.3 is 11.1 Å². The topological polar surface area (TPSA) is 63.8 Å². The number of aryl methyl sites for hydroxylation is 1. The van der Waals surface area contributed by atoms with Crippen molar-refractivity contribution in [2.45, 2.75) is 39.0 Å². The van der Waals surface area contributed by atoms with Gasteiger partial charge in [-0.2, -0.15) is 0 Å². The highest BCUT2D eigenvalue weighted by Gasteiger charge is 2.20. The Labute approximate surface area is 96.7 Å². The Bertz CT molecular complexity index is 347. The summed E-state index contributed by atoms with van der Waals surface area (Å²) in [5.41, 5.74) is 5.74. The molecule has 3 N–H and O–H groups in total. The van der Waals surface area contributed by atoms with Gasteiger partial charge in [-0.1, -0.05) is 19.8 Å². The van der Waals surface area contributed by atoms with Gasteiger partial charge in [0.15, 0.2) is 0 Å². The molecule has 0 aromatic carbocycles. The molecule has 1 heterocycles. The number of nitrogens with zero attached hydrogens (tertiary/aromatic N) is 2. The Morgan fingerprint density at radius 3 is 2.94 bits per heavy atom. The summed E-state index contributed by atoms with van der Waals surface area (Å²) in [4.78, 5) is 8.64. The van der Waals surface area contributed by atoms with Crippen molar-refractivity contribution in [1.82, 2.24) is 9.97 Å². The SMILES string of the molecule is CCCc1nc(N)cc(NCCC2CC2)n1. The maximum Gasteiger partial charge on any atom is 0.133 e. The van der Waals surface area contributed by atoms with Gasteiger partial charge in [-0.05, 0) is 18.8 Å². The smallest absolute Gasteiger partial charge is 0.133 e. The first-order valence-electron chi connectivity index (χ1n) is 6.15. The van der Waals surface area contributed by atoms with Crippen molar-refractivity contribution in [3.05, 3.63) is 11.9 Å². The number of nitrogens with two attached hydrogens (primary N) is 1. The Kier molecular flexibility index (Phi) is 3.59. The van der Waals surface area contributed by atoms with Gasteiger partial charge in [-0.25, -0.2) is 9.97 Å². The molecule has 1 aromatic rings. The fourth-order valence-corrected chi connectivity index (χ4v) is 1.75. The average Bonchev–Trinajstić information content (AvgIpc) is 3.01. The van der Waals surface area contributed by atoms with Crippen molar-refractivity contribution in [3.8, 4) is 0 Å². The van der Waals surface area contributed by atoms with Crippen LogP contribution in [0.4, 0.5) is 11.6 Å². The van der Waals surface area contributed by atoms with Gasteiger partial charge in [0.05, 0.1) is 0 Å². The molecule has 0 spiro atoms. The summed E-state index contributed by atoms with van der Waals surface area (Å²) in [5.74, 6) is 3.22. The van der Waals surface area contributed by atoms with Gasteiger partial charge in [0.1, 0.15) is 17.5 Å². The maximum absolute atomic E-state index is 5.74. The first kappa shape index (κ1) is 11.2. The lowest BCUT2D eigenvalue weighted by Gasteiger charge is -2.07. The monoisotopic (exact) mass is 220 g/mol. The molecule has 0 unspecified atom stereocenters. The van der Waals surface area contributed by atoms with Gasteiger partial charge in [0, 0.05) is 19.0 Å². The van der Waals surface area contributed by atoms with E-state index in [0.29, 0.717) is 5.82 Å². The van der Waals surface area contributed by atoms with E-state index < -0.39 is 0 Å². The maximum atomic E-state index is 5.74. The number of aromatic nitrogens is 2. The van der Waals surface area contributed by atoms with Gasteiger partial charge in [0.25, 0.3) is 0 Å². The summed E-state index contributed by atoms with van der Waals surface area (Å²) in [7, 11) is 0. The third-order valence-corrected chi connectivity index (χ3v) is 2.82. The predicted molar refractivity (Wildman–Crippen MR) is 66.3 cm³/mol. The molecule has 1 saturated carbocycles. The summed E-state index contributed by atoms with van der Waals surface area (Å²) in [6.45, 7) is 3.11. The highest BCUT2D eigenvalue weighted by atomic mass is 15.0. The summed E-state index contributed by atoms with van der Waals surface area (Å²) < 4.78 is 0. The van der Waals surface area contributed by atoms with Crippen LogP contribution in [-0.2, 0) is 6.42 Å². The van der Waals surface area contributed by atoms with Crippen LogP contribution in [0, 0.1) is 5.92 Å². The molecule has 4 heteroatoms. The van der Waals surface area contributed by atoms with Crippen LogP contribution in [0.5, 0.6) is 0 Å². The lowest BCUT2D eigenvalue weighted by Crippen LogP contribution is -2.08. The summed E-state index contributed by atoms with van der Waals surface area (Å²) in [6, 6.07) is 1.81. The molecule has 2 rings (SSSR count). The standard InChI is InChI=1S/C12H20N4/c1-2-3-11-15-10(13)8-12(16-11)14-7-6-9-4-5-9/h8-9H,2-7H2,1H3,(H3,13,14,15,16). The second kappa shape index (κ2) is 5.14. The van der Waals surface area contributed by atoms with E-state index in [9.17, 15) is 0 Å². The third-order valence-electron chi connectivity index (χ3n) is 2.82. The molecule has 0 bridgehead atoms. The zero-order valence-electron chi connectivity index (χ0n) is 9.87. The van der Waals surface area contributed by atoms with Crippen LogP contribution in [-0.4, -0.2) is 16.5 Å². The second-order valence-electron chi connectivity index (χ2n) is 4.50. The molecule has 16 heavy (non-hydrogen) atoms.